The van der Waals surface area contributed by atoms with Crippen LogP contribution in [0, 0.1) is 6.92 Å². The zero-order valence-corrected chi connectivity index (χ0v) is 15.4. The van der Waals surface area contributed by atoms with Crippen molar-refractivity contribution in [1.29, 1.82) is 0 Å². The molecule has 0 aliphatic heterocycles. The second kappa shape index (κ2) is 7.40. The third-order valence-corrected chi connectivity index (χ3v) is 5.07. The van der Waals surface area contributed by atoms with Crippen molar-refractivity contribution >= 4 is 22.5 Å². The summed E-state index contributed by atoms with van der Waals surface area (Å²) in [6, 6.07) is 18.4. The molecule has 0 saturated heterocycles. The maximum Gasteiger partial charge on any atom is 0.134 e. The molecule has 4 heteroatoms. The Morgan fingerprint density at radius 1 is 1.08 bits per heavy atom. The first-order valence-corrected chi connectivity index (χ1v) is 9.19. The minimum absolute atomic E-state index is 0.710. The van der Waals surface area contributed by atoms with Gasteiger partial charge in [-0.3, -0.25) is 0 Å². The molecule has 2 aromatic carbocycles. The van der Waals surface area contributed by atoms with Gasteiger partial charge in [-0.15, -0.1) is 0 Å². The lowest BCUT2D eigenvalue weighted by Crippen LogP contribution is -2.16. The molecule has 0 spiro atoms. The average molecular weight is 365 g/mol. The number of aromatic amines is 1. The highest BCUT2D eigenvalue weighted by atomic mass is 35.5. The molecule has 0 aliphatic rings. The third kappa shape index (κ3) is 3.55. The van der Waals surface area contributed by atoms with Crippen LogP contribution >= 0.6 is 11.6 Å². The lowest BCUT2D eigenvalue weighted by molar-refractivity contribution is 0.495. The molecule has 4 aromatic rings. The van der Waals surface area contributed by atoms with Crippen LogP contribution in [-0.4, -0.2) is 11.5 Å². The summed E-state index contributed by atoms with van der Waals surface area (Å²) in [7, 11) is 0. The Balaban J connectivity index is 1.34. The lowest BCUT2D eigenvalue weighted by Gasteiger charge is -2.03. The van der Waals surface area contributed by atoms with Crippen molar-refractivity contribution in [1.82, 2.24) is 10.3 Å². The predicted molar refractivity (Wildman–Crippen MR) is 108 cm³/mol. The summed E-state index contributed by atoms with van der Waals surface area (Å²) in [5.41, 5.74) is 4.60. The molecule has 0 radical (unpaired) electrons. The molecule has 0 atom stereocenters. The van der Waals surface area contributed by atoms with E-state index in [2.05, 4.69) is 40.8 Å². The van der Waals surface area contributed by atoms with E-state index in [0.717, 1.165) is 40.6 Å². The Hall–Kier alpha value is -2.49. The fourth-order valence-electron chi connectivity index (χ4n) is 3.15. The minimum atomic E-state index is 0.710. The third-order valence-electron chi connectivity index (χ3n) is 4.66. The van der Waals surface area contributed by atoms with E-state index >= 15 is 0 Å². The van der Waals surface area contributed by atoms with Crippen molar-refractivity contribution < 1.29 is 4.42 Å². The van der Waals surface area contributed by atoms with E-state index in [9.17, 15) is 0 Å². The molecular formula is C22H21ClN2O. The predicted octanol–water partition coefficient (Wildman–Crippen LogP) is 5.72. The molecule has 0 fully saturated rings. The molecule has 2 N–H and O–H groups in total. The standard InChI is InChI=1S/C22H21ClN2O/c1-15-6-7-16(12-20(15)23)22-9-8-18(26-22)14-24-11-10-17-13-25-21-5-3-2-4-19(17)21/h2-9,12-13,24-25H,10-11,14H2,1H3. The van der Waals surface area contributed by atoms with Crippen LogP contribution < -0.4 is 5.32 Å². The number of benzene rings is 2. The number of aryl methyl sites for hydroxylation is 1. The summed E-state index contributed by atoms with van der Waals surface area (Å²) in [6.07, 6.45) is 3.07. The molecule has 0 bridgehead atoms. The smallest absolute Gasteiger partial charge is 0.134 e. The zero-order valence-electron chi connectivity index (χ0n) is 14.7. The van der Waals surface area contributed by atoms with Crippen LogP contribution in [0.4, 0.5) is 0 Å². The zero-order chi connectivity index (χ0) is 17.9. The monoisotopic (exact) mass is 364 g/mol. The normalized spacial score (nSPS) is 11.3. The number of nitrogens with one attached hydrogen (secondary N) is 2. The van der Waals surface area contributed by atoms with Gasteiger partial charge in [-0.25, -0.2) is 0 Å². The molecule has 0 amide bonds. The number of rotatable bonds is 6. The van der Waals surface area contributed by atoms with Gasteiger partial charge in [0.25, 0.3) is 0 Å². The maximum atomic E-state index is 6.21. The summed E-state index contributed by atoms with van der Waals surface area (Å²) < 4.78 is 5.94. The summed E-state index contributed by atoms with van der Waals surface area (Å²) in [5.74, 6) is 1.77. The Morgan fingerprint density at radius 3 is 2.85 bits per heavy atom. The first-order valence-electron chi connectivity index (χ1n) is 8.81. The van der Waals surface area contributed by atoms with Crippen molar-refractivity contribution in [3.8, 4) is 11.3 Å². The number of H-pyrrole nitrogens is 1. The van der Waals surface area contributed by atoms with E-state index in [0.29, 0.717) is 6.54 Å². The first kappa shape index (κ1) is 17.0. The van der Waals surface area contributed by atoms with Gasteiger partial charge in [-0.05, 0) is 55.3 Å². The number of hydrogen-bond donors (Lipinski definition) is 2. The van der Waals surface area contributed by atoms with Crippen LogP contribution in [0.25, 0.3) is 22.2 Å². The van der Waals surface area contributed by atoms with Crippen LogP contribution in [0.2, 0.25) is 5.02 Å². The molecule has 0 saturated carbocycles. The summed E-state index contributed by atoms with van der Waals surface area (Å²) in [6.45, 7) is 3.60. The van der Waals surface area contributed by atoms with Crippen LogP contribution in [0.1, 0.15) is 16.9 Å². The summed E-state index contributed by atoms with van der Waals surface area (Å²) in [4.78, 5) is 3.32. The van der Waals surface area contributed by atoms with Crippen LogP contribution in [0.5, 0.6) is 0 Å². The second-order valence-electron chi connectivity index (χ2n) is 6.52. The molecule has 132 valence electrons. The molecule has 0 aliphatic carbocycles. The largest absolute Gasteiger partial charge is 0.460 e. The van der Waals surface area contributed by atoms with Crippen LogP contribution in [0.3, 0.4) is 0 Å². The van der Waals surface area contributed by atoms with Gasteiger partial charge >= 0.3 is 0 Å². The number of fused-ring (bicyclic) bond motifs is 1. The highest BCUT2D eigenvalue weighted by Crippen LogP contribution is 2.27. The van der Waals surface area contributed by atoms with E-state index in [-0.39, 0.29) is 0 Å². The van der Waals surface area contributed by atoms with Crippen molar-refractivity contribution in [3.63, 3.8) is 0 Å². The van der Waals surface area contributed by atoms with E-state index < -0.39 is 0 Å². The molecule has 2 aromatic heterocycles. The Bertz CT molecular complexity index is 1030. The van der Waals surface area contributed by atoms with E-state index in [1.54, 1.807) is 0 Å². The quantitative estimate of drug-likeness (QED) is 0.429. The molecular weight excluding hydrogens is 344 g/mol. The van der Waals surface area contributed by atoms with Crippen molar-refractivity contribution in [3.05, 3.63) is 82.7 Å². The summed E-state index contributed by atoms with van der Waals surface area (Å²) >= 11 is 6.21. The maximum absolute atomic E-state index is 6.21. The van der Waals surface area contributed by atoms with Gasteiger partial charge in [-0.1, -0.05) is 41.9 Å². The number of para-hydroxylation sites is 1. The number of aromatic nitrogens is 1. The van der Waals surface area contributed by atoms with Crippen molar-refractivity contribution in [2.45, 2.75) is 19.9 Å². The van der Waals surface area contributed by atoms with E-state index in [1.165, 1.54) is 16.5 Å². The number of furan rings is 1. The SMILES string of the molecule is Cc1ccc(-c2ccc(CNCCc3c[nH]c4ccccc34)o2)cc1Cl. The van der Waals surface area contributed by atoms with Gasteiger partial charge in [0, 0.05) is 27.7 Å². The molecule has 0 unspecified atom stereocenters. The van der Waals surface area contributed by atoms with Crippen molar-refractivity contribution in [2.24, 2.45) is 0 Å². The second-order valence-corrected chi connectivity index (χ2v) is 6.92. The highest BCUT2D eigenvalue weighted by Gasteiger charge is 2.07. The van der Waals surface area contributed by atoms with Crippen LogP contribution in [-0.2, 0) is 13.0 Å². The van der Waals surface area contributed by atoms with Gasteiger partial charge in [0.2, 0.25) is 0 Å². The molecule has 26 heavy (non-hydrogen) atoms. The topological polar surface area (TPSA) is 41.0 Å². The van der Waals surface area contributed by atoms with Crippen molar-refractivity contribution in [2.75, 3.05) is 6.54 Å². The summed E-state index contributed by atoms with van der Waals surface area (Å²) in [5, 5.41) is 5.51. The molecule has 4 rings (SSSR count). The Kier molecular flexibility index (Phi) is 4.83. The van der Waals surface area contributed by atoms with Gasteiger partial charge < -0.3 is 14.7 Å². The number of hydrogen-bond acceptors (Lipinski definition) is 2. The molecule has 2 heterocycles. The van der Waals surface area contributed by atoms with Gasteiger partial charge in [0.15, 0.2) is 0 Å². The van der Waals surface area contributed by atoms with Gasteiger partial charge in [-0.2, -0.15) is 0 Å². The Morgan fingerprint density at radius 2 is 1.96 bits per heavy atom. The fraction of sp³-hybridized carbons (Fsp3) is 0.182. The average Bonchev–Trinajstić information content (AvgIpc) is 3.28. The Labute approximate surface area is 158 Å². The molecule has 3 nitrogen and oxygen atoms in total. The number of halogens is 1. The fourth-order valence-corrected chi connectivity index (χ4v) is 3.33. The van der Waals surface area contributed by atoms with Gasteiger partial charge in [0.1, 0.15) is 11.5 Å². The minimum Gasteiger partial charge on any atom is -0.460 e. The van der Waals surface area contributed by atoms with E-state index in [4.69, 9.17) is 16.0 Å². The first-order chi connectivity index (χ1) is 12.7. The highest BCUT2D eigenvalue weighted by molar-refractivity contribution is 6.31. The van der Waals surface area contributed by atoms with Crippen LogP contribution in [0.15, 0.2) is 65.2 Å². The van der Waals surface area contributed by atoms with Gasteiger partial charge in [0.05, 0.1) is 6.54 Å². The lowest BCUT2D eigenvalue weighted by atomic mass is 10.1. The van der Waals surface area contributed by atoms with E-state index in [1.807, 2.05) is 37.3 Å².